The van der Waals surface area contributed by atoms with Gasteiger partial charge in [-0.05, 0) is 42.7 Å². The number of amides is 3. The molecule has 38 heavy (non-hydrogen) atoms. The van der Waals surface area contributed by atoms with Crippen LogP contribution in [0.5, 0.6) is 11.5 Å². The summed E-state index contributed by atoms with van der Waals surface area (Å²) in [4.78, 5) is 30.8. The summed E-state index contributed by atoms with van der Waals surface area (Å²) in [5.41, 5.74) is 1.96. The molecule has 0 spiro atoms. The van der Waals surface area contributed by atoms with Gasteiger partial charge in [-0.1, -0.05) is 25.8 Å². The number of fused-ring (bicyclic) bond motifs is 1. The monoisotopic (exact) mass is 524 g/mol. The third-order valence-corrected chi connectivity index (χ3v) is 6.91. The van der Waals surface area contributed by atoms with Crippen LogP contribution in [0, 0.1) is 5.82 Å². The maximum Gasteiger partial charge on any atom is 0.324 e. The highest BCUT2D eigenvalue weighted by Gasteiger charge is 2.28. The van der Waals surface area contributed by atoms with Crippen LogP contribution in [0.25, 0.3) is 10.9 Å². The first-order valence-electron chi connectivity index (χ1n) is 13.2. The number of carbonyl (C=O) groups is 2. The molecule has 9 heteroatoms. The van der Waals surface area contributed by atoms with Crippen molar-refractivity contribution in [3.05, 3.63) is 54.0 Å². The molecule has 8 nitrogen and oxygen atoms in total. The molecule has 1 fully saturated rings. The normalized spacial score (nSPS) is 13.8. The minimum atomic E-state index is -0.392. The summed E-state index contributed by atoms with van der Waals surface area (Å²) in [6.07, 6.45) is 5.68. The second-order valence-electron chi connectivity index (χ2n) is 9.80. The van der Waals surface area contributed by atoms with E-state index in [1.165, 1.54) is 11.0 Å². The third kappa shape index (κ3) is 5.87. The number of hydrogen-bond acceptors (Lipinski definition) is 4. The maximum absolute atomic E-state index is 14.8. The van der Waals surface area contributed by atoms with Gasteiger partial charge in [0.05, 0.1) is 19.2 Å². The van der Waals surface area contributed by atoms with Crippen LogP contribution in [-0.4, -0.2) is 67.2 Å². The highest BCUT2D eigenvalue weighted by Crippen LogP contribution is 2.34. The first kappa shape index (κ1) is 27.3. The van der Waals surface area contributed by atoms with E-state index in [1.54, 1.807) is 47.8 Å². The molecule has 1 aromatic heterocycles. The van der Waals surface area contributed by atoms with Crippen molar-refractivity contribution in [1.82, 2.24) is 14.4 Å². The number of urea groups is 1. The van der Waals surface area contributed by atoms with Gasteiger partial charge >= 0.3 is 6.03 Å². The molecule has 0 unspecified atom stereocenters. The van der Waals surface area contributed by atoms with E-state index < -0.39 is 5.82 Å². The Morgan fingerprint density at radius 1 is 1.08 bits per heavy atom. The number of anilines is 1. The number of halogens is 1. The smallest absolute Gasteiger partial charge is 0.324 e. The van der Waals surface area contributed by atoms with Gasteiger partial charge in [-0.25, -0.2) is 9.18 Å². The van der Waals surface area contributed by atoms with Crippen LogP contribution in [0.15, 0.2) is 42.6 Å². The van der Waals surface area contributed by atoms with Gasteiger partial charge in [0.2, 0.25) is 5.91 Å². The lowest BCUT2D eigenvalue weighted by atomic mass is 10.1. The summed E-state index contributed by atoms with van der Waals surface area (Å²) in [7, 11) is 4.95. The van der Waals surface area contributed by atoms with Gasteiger partial charge < -0.3 is 23.8 Å². The zero-order valence-electron chi connectivity index (χ0n) is 22.7. The fourth-order valence-electron chi connectivity index (χ4n) is 4.75. The van der Waals surface area contributed by atoms with E-state index in [4.69, 9.17) is 9.47 Å². The largest absolute Gasteiger partial charge is 0.493 e. The van der Waals surface area contributed by atoms with Crippen LogP contribution in [0.3, 0.4) is 0 Å². The molecule has 0 radical (unpaired) electrons. The number of likely N-dealkylation sites (N-methyl/N-ethyl adjacent to an activating group) is 1. The van der Waals surface area contributed by atoms with E-state index in [9.17, 15) is 14.0 Å². The number of methoxy groups -OCH3 is 1. The Morgan fingerprint density at radius 2 is 1.89 bits per heavy atom. The Morgan fingerprint density at radius 3 is 2.63 bits per heavy atom. The average Bonchev–Trinajstić information content (AvgIpc) is 3.34. The molecule has 1 saturated heterocycles. The van der Waals surface area contributed by atoms with E-state index in [1.807, 2.05) is 24.3 Å². The van der Waals surface area contributed by atoms with E-state index in [0.717, 1.165) is 36.9 Å². The number of benzene rings is 2. The molecule has 204 valence electrons. The lowest BCUT2D eigenvalue weighted by molar-refractivity contribution is -0.129. The van der Waals surface area contributed by atoms with Crippen molar-refractivity contribution in [1.29, 1.82) is 0 Å². The predicted octanol–water partition coefficient (Wildman–Crippen LogP) is 5.28. The van der Waals surface area contributed by atoms with Gasteiger partial charge in [0, 0.05) is 57.1 Å². The zero-order valence-corrected chi connectivity index (χ0v) is 22.7. The predicted molar refractivity (Wildman–Crippen MR) is 146 cm³/mol. The highest BCUT2D eigenvalue weighted by atomic mass is 19.1. The lowest BCUT2D eigenvalue weighted by Gasteiger charge is -2.36. The number of unbranched alkanes of at least 4 members (excludes halogenated alkanes) is 2. The van der Waals surface area contributed by atoms with Gasteiger partial charge in [0.1, 0.15) is 12.4 Å². The van der Waals surface area contributed by atoms with Gasteiger partial charge in [0.15, 0.2) is 11.5 Å². The Bertz CT molecular complexity index is 1290. The number of rotatable bonds is 11. The Balaban J connectivity index is 1.54. The fourth-order valence-corrected chi connectivity index (χ4v) is 4.75. The summed E-state index contributed by atoms with van der Waals surface area (Å²) in [6, 6.07) is 10.4. The van der Waals surface area contributed by atoms with E-state index >= 15 is 0 Å². The molecular weight excluding hydrogens is 487 g/mol. The fraction of sp³-hybridized carbons (Fsp3) is 0.448. The summed E-state index contributed by atoms with van der Waals surface area (Å²) in [6.45, 7) is 4.33. The van der Waals surface area contributed by atoms with Gasteiger partial charge in [-0.3, -0.25) is 9.69 Å². The van der Waals surface area contributed by atoms with Gasteiger partial charge in [-0.2, -0.15) is 0 Å². The molecule has 1 aliphatic heterocycles. The second kappa shape index (κ2) is 12.2. The number of aromatic nitrogens is 1. The molecule has 0 saturated carbocycles. The molecule has 0 bridgehead atoms. The molecule has 3 amide bonds. The third-order valence-electron chi connectivity index (χ3n) is 6.91. The summed E-state index contributed by atoms with van der Waals surface area (Å²) in [5.74, 6) is 0.747. The first-order valence-corrected chi connectivity index (χ1v) is 13.2. The standard InChI is InChI=1S/C29H37FN4O4/c1-5-6-7-17-38-26-18-22(10-12-25(26)37-4)34-15-8-14-33(29(34)36)19-21-9-11-24(30)28-23(21)13-16-32(28)20-27(35)31(2)3/h9-13,16,18H,5-8,14-15,17,19-20H2,1-4H3. The molecule has 3 aromatic rings. The Kier molecular flexibility index (Phi) is 8.76. The SMILES string of the molecule is CCCCCOc1cc(N2CCCN(Cc3ccc(F)c4c3ccn4CC(=O)N(C)C)C2=O)ccc1OC. The van der Waals surface area contributed by atoms with Crippen molar-refractivity contribution < 1.29 is 23.5 Å². The zero-order chi connectivity index (χ0) is 27.2. The number of carbonyl (C=O) groups excluding carboxylic acids is 2. The quantitative estimate of drug-likeness (QED) is 0.320. The summed E-state index contributed by atoms with van der Waals surface area (Å²) in [5, 5.41) is 0.702. The van der Waals surface area contributed by atoms with Crippen LogP contribution < -0.4 is 14.4 Å². The van der Waals surface area contributed by atoms with Crippen LogP contribution >= 0.6 is 0 Å². The average molecular weight is 525 g/mol. The van der Waals surface area contributed by atoms with Crippen LogP contribution in [0.4, 0.5) is 14.9 Å². The van der Waals surface area contributed by atoms with Gasteiger partial charge in [-0.15, -0.1) is 0 Å². The first-order chi connectivity index (χ1) is 18.3. The highest BCUT2D eigenvalue weighted by molar-refractivity contribution is 5.94. The molecule has 2 heterocycles. The maximum atomic E-state index is 14.8. The summed E-state index contributed by atoms with van der Waals surface area (Å²) < 4.78 is 27.9. The van der Waals surface area contributed by atoms with Gasteiger partial charge in [0.25, 0.3) is 0 Å². The van der Waals surface area contributed by atoms with Crippen LogP contribution in [-0.2, 0) is 17.9 Å². The summed E-state index contributed by atoms with van der Waals surface area (Å²) >= 11 is 0. The molecule has 4 rings (SSSR count). The van der Waals surface area contributed by atoms with Crippen molar-refractivity contribution in [3.63, 3.8) is 0 Å². The molecule has 0 atom stereocenters. The number of hydrogen-bond donors (Lipinski definition) is 0. The van der Waals surface area contributed by atoms with Crippen molar-refractivity contribution in [3.8, 4) is 11.5 Å². The minimum Gasteiger partial charge on any atom is -0.493 e. The van der Waals surface area contributed by atoms with Crippen molar-refractivity contribution in [2.24, 2.45) is 0 Å². The van der Waals surface area contributed by atoms with Crippen LogP contribution in [0.1, 0.15) is 38.2 Å². The Hall–Kier alpha value is -3.75. The topological polar surface area (TPSA) is 67.2 Å². The molecule has 2 aromatic carbocycles. The van der Waals surface area contributed by atoms with Crippen LogP contribution in [0.2, 0.25) is 0 Å². The number of ether oxygens (including phenoxy) is 2. The lowest BCUT2D eigenvalue weighted by Crippen LogP contribution is -2.49. The van der Waals surface area contributed by atoms with Crippen molar-refractivity contribution in [2.45, 2.75) is 45.7 Å². The van der Waals surface area contributed by atoms with Crippen molar-refractivity contribution in [2.75, 3.05) is 45.8 Å². The van der Waals surface area contributed by atoms with Crippen molar-refractivity contribution >= 4 is 28.5 Å². The Labute approximate surface area is 223 Å². The van der Waals surface area contributed by atoms with E-state index in [-0.39, 0.29) is 18.5 Å². The molecular formula is C29H37FN4O4. The minimum absolute atomic E-state index is 0.0492. The second-order valence-corrected chi connectivity index (χ2v) is 9.80. The number of nitrogens with zero attached hydrogens (tertiary/aromatic N) is 4. The molecule has 0 N–H and O–H groups in total. The van der Waals surface area contributed by atoms with E-state index in [2.05, 4.69) is 6.92 Å². The molecule has 0 aliphatic carbocycles. The van der Waals surface area contributed by atoms with E-state index in [0.29, 0.717) is 48.6 Å². The molecule has 1 aliphatic rings.